The minimum absolute atomic E-state index is 0.0707. The minimum Gasteiger partial charge on any atom is -0.399 e. The normalized spacial score (nSPS) is 31.3. The lowest BCUT2D eigenvalue weighted by molar-refractivity contribution is 0.160. The molecule has 6 heteroatoms. The van der Waals surface area contributed by atoms with Gasteiger partial charge >= 0.3 is 0 Å². The van der Waals surface area contributed by atoms with Gasteiger partial charge in [0.25, 0.3) is 0 Å². The third kappa shape index (κ3) is 2.25. The van der Waals surface area contributed by atoms with Gasteiger partial charge in [-0.3, -0.25) is 4.90 Å². The summed E-state index contributed by atoms with van der Waals surface area (Å²) in [6, 6.07) is 14.2. The highest BCUT2D eigenvalue weighted by Gasteiger charge is 2.58. The lowest BCUT2D eigenvalue weighted by Gasteiger charge is -2.48. The largest absolute Gasteiger partial charge is 0.399 e. The monoisotopic (exact) mass is 375 g/mol. The number of hydrogen-bond acceptors (Lipinski definition) is 5. The van der Waals surface area contributed by atoms with E-state index in [9.17, 15) is 15.8 Å². The van der Waals surface area contributed by atoms with Crippen LogP contribution in [0.4, 0.5) is 0 Å². The summed E-state index contributed by atoms with van der Waals surface area (Å²) in [5.41, 5.74) is 6.86. The number of nitriles is 3. The van der Waals surface area contributed by atoms with Crippen LogP contribution in [0.15, 0.2) is 47.2 Å². The number of hydrogen-bond donors (Lipinski definition) is 1. The van der Waals surface area contributed by atoms with Gasteiger partial charge in [-0.25, -0.2) is 0 Å². The Kier molecular flexibility index (Phi) is 4.01. The summed E-state index contributed by atoms with van der Waals surface area (Å²) in [6.45, 7) is 0. The molecule has 2 heterocycles. The summed E-state index contributed by atoms with van der Waals surface area (Å²) < 4.78 is 0. The molecule has 1 saturated heterocycles. The first kappa shape index (κ1) is 17.6. The molecule has 0 amide bonds. The molecule has 0 aromatic heterocycles. The maximum atomic E-state index is 10.1. The van der Waals surface area contributed by atoms with Crippen molar-refractivity contribution in [2.45, 2.75) is 30.8 Å². The molecule has 0 spiro atoms. The zero-order chi connectivity index (χ0) is 19.3. The maximum Gasteiger partial charge on any atom is 0.191 e. The first-order chi connectivity index (χ1) is 13.0. The quantitative estimate of drug-likeness (QED) is 0.812. The van der Waals surface area contributed by atoms with Gasteiger partial charge in [0, 0.05) is 28.9 Å². The summed E-state index contributed by atoms with van der Waals surface area (Å²) in [7, 11) is 2.07. The molecular weight excluding hydrogens is 358 g/mol. The van der Waals surface area contributed by atoms with Crippen molar-refractivity contribution in [2.75, 3.05) is 7.05 Å². The highest BCUT2D eigenvalue weighted by molar-refractivity contribution is 6.30. The number of benzene rings is 1. The van der Waals surface area contributed by atoms with Crippen LogP contribution in [-0.2, 0) is 0 Å². The summed E-state index contributed by atoms with van der Waals surface area (Å²) >= 11 is 6.06. The van der Waals surface area contributed by atoms with E-state index in [0.717, 1.165) is 24.0 Å². The predicted octanol–water partition coefficient (Wildman–Crippen LogP) is 3.23. The first-order valence-corrected chi connectivity index (χ1v) is 9.28. The molecule has 2 aliphatic heterocycles. The Labute approximate surface area is 163 Å². The van der Waals surface area contributed by atoms with Crippen LogP contribution >= 0.6 is 11.6 Å². The number of nitrogens with zero attached hydrogens (tertiary/aromatic N) is 4. The second-order valence-corrected chi connectivity index (χ2v) is 7.92. The molecule has 134 valence electrons. The number of allylic oxidation sites excluding steroid dienone is 2. The summed E-state index contributed by atoms with van der Waals surface area (Å²) in [4.78, 5) is 2.30. The molecule has 4 atom stereocenters. The minimum atomic E-state index is -1.59. The second kappa shape index (κ2) is 6.14. The Morgan fingerprint density at radius 2 is 1.81 bits per heavy atom. The van der Waals surface area contributed by atoms with Crippen molar-refractivity contribution in [3.8, 4) is 18.2 Å². The summed E-state index contributed by atoms with van der Waals surface area (Å²) in [6.07, 6.45) is 4.07. The van der Waals surface area contributed by atoms with Crippen LogP contribution in [0, 0.1) is 45.3 Å². The SMILES string of the molecule is CN1[C@@H]2C=C3C(C#N)=C(N)C(C#N)(C#N)[C@@H](c4ccc(Cl)cc4)[C@@H]3[C@H]1CC2. The van der Waals surface area contributed by atoms with E-state index >= 15 is 0 Å². The average molecular weight is 376 g/mol. The van der Waals surface area contributed by atoms with Gasteiger partial charge in [0.05, 0.1) is 23.4 Å². The van der Waals surface area contributed by atoms with Crippen molar-refractivity contribution < 1.29 is 0 Å². The van der Waals surface area contributed by atoms with Gasteiger partial charge in [0.15, 0.2) is 5.41 Å². The zero-order valence-electron chi connectivity index (χ0n) is 14.9. The van der Waals surface area contributed by atoms with E-state index in [1.165, 1.54) is 0 Å². The van der Waals surface area contributed by atoms with Gasteiger partial charge in [-0.15, -0.1) is 0 Å². The van der Waals surface area contributed by atoms with E-state index in [1.807, 2.05) is 12.1 Å². The third-order valence-electron chi connectivity index (χ3n) is 6.45. The van der Waals surface area contributed by atoms with E-state index in [4.69, 9.17) is 17.3 Å². The number of likely N-dealkylation sites (N-methyl/N-ethyl adjacent to an activating group) is 1. The third-order valence-corrected chi connectivity index (χ3v) is 6.70. The van der Waals surface area contributed by atoms with Gasteiger partial charge in [-0.05, 0) is 43.2 Å². The van der Waals surface area contributed by atoms with Crippen molar-refractivity contribution in [1.29, 1.82) is 15.8 Å². The highest BCUT2D eigenvalue weighted by Crippen LogP contribution is 2.58. The summed E-state index contributed by atoms with van der Waals surface area (Å²) in [5.74, 6) is -0.601. The second-order valence-electron chi connectivity index (χ2n) is 7.49. The molecule has 1 fully saturated rings. The Bertz CT molecular complexity index is 971. The van der Waals surface area contributed by atoms with Gasteiger partial charge in [0.2, 0.25) is 0 Å². The van der Waals surface area contributed by atoms with Crippen LogP contribution in [0.3, 0.4) is 0 Å². The van der Waals surface area contributed by atoms with Crippen molar-refractivity contribution in [1.82, 2.24) is 4.90 Å². The number of fused-ring (bicyclic) bond motifs is 4. The van der Waals surface area contributed by atoms with Gasteiger partial charge in [-0.1, -0.05) is 29.8 Å². The van der Waals surface area contributed by atoms with E-state index < -0.39 is 11.3 Å². The Morgan fingerprint density at radius 3 is 2.41 bits per heavy atom. The van der Waals surface area contributed by atoms with Gasteiger partial charge in [0.1, 0.15) is 6.07 Å². The molecule has 0 unspecified atom stereocenters. The molecule has 5 nitrogen and oxygen atoms in total. The van der Waals surface area contributed by atoms with Crippen molar-refractivity contribution >= 4 is 11.6 Å². The lowest BCUT2D eigenvalue weighted by Crippen LogP contribution is -2.51. The van der Waals surface area contributed by atoms with E-state index in [1.54, 1.807) is 12.1 Å². The molecule has 1 aromatic carbocycles. The first-order valence-electron chi connectivity index (χ1n) is 8.90. The average Bonchev–Trinajstić information content (AvgIpc) is 2.91. The fraction of sp³-hybridized carbons (Fsp3) is 0.381. The fourth-order valence-electron chi connectivity index (χ4n) is 5.13. The van der Waals surface area contributed by atoms with Gasteiger partial charge in [-0.2, -0.15) is 15.8 Å². The van der Waals surface area contributed by atoms with Crippen LogP contribution in [0.2, 0.25) is 5.02 Å². The van der Waals surface area contributed by atoms with Crippen LogP contribution in [0.5, 0.6) is 0 Å². The van der Waals surface area contributed by atoms with Crippen LogP contribution in [0.25, 0.3) is 0 Å². The smallest absolute Gasteiger partial charge is 0.191 e. The number of halogens is 1. The Hall–Kier alpha value is -2.78. The van der Waals surface area contributed by atoms with Crippen molar-refractivity contribution in [3.05, 3.63) is 57.8 Å². The molecule has 4 rings (SSSR count). The van der Waals surface area contributed by atoms with Gasteiger partial charge < -0.3 is 5.73 Å². The molecule has 1 aliphatic carbocycles. The fourth-order valence-corrected chi connectivity index (χ4v) is 5.26. The van der Waals surface area contributed by atoms with Crippen LogP contribution < -0.4 is 5.73 Å². The van der Waals surface area contributed by atoms with E-state index in [2.05, 4.69) is 36.2 Å². The molecular formula is C21H18ClN5. The van der Waals surface area contributed by atoms with Crippen LogP contribution in [-0.4, -0.2) is 24.0 Å². The topological polar surface area (TPSA) is 101 Å². The van der Waals surface area contributed by atoms with Crippen molar-refractivity contribution in [2.24, 2.45) is 17.1 Å². The zero-order valence-corrected chi connectivity index (χ0v) is 15.6. The number of nitrogens with two attached hydrogens (primary N) is 1. The molecule has 3 aliphatic rings. The predicted molar refractivity (Wildman–Crippen MR) is 101 cm³/mol. The number of rotatable bonds is 1. The Morgan fingerprint density at radius 1 is 1.15 bits per heavy atom. The highest BCUT2D eigenvalue weighted by atomic mass is 35.5. The van der Waals surface area contributed by atoms with Crippen molar-refractivity contribution in [3.63, 3.8) is 0 Å². The molecule has 2 N–H and O–H groups in total. The molecule has 27 heavy (non-hydrogen) atoms. The molecule has 2 bridgehead atoms. The Balaban J connectivity index is 2.04. The summed E-state index contributed by atoms with van der Waals surface area (Å²) in [5, 5.41) is 30.6. The molecule has 0 radical (unpaired) electrons. The van der Waals surface area contributed by atoms with Crippen LogP contribution in [0.1, 0.15) is 24.3 Å². The lowest BCUT2D eigenvalue weighted by atomic mass is 9.56. The standard InChI is InChI=1S/C21H18ClN5/c1-27-14-6-7-17(27)18-15(8-14)16(9-23)20(26)21(10-24,11-25)19(18)12-2-4-13(22)5-3-12/h2-5,8,14,17-19H,6-7,26H2,1H3/t14-,17+,18-,19-/m0/s1. The maximum absolute atomic E-state index is 10.1. The molecule has 1 aromatic rings. The molecule has 0 saturated carbocycles. The van der Waals surface area contributed by atoms with E-state index in [-0.39, 0.29) is 23.7 Å². The van der Waals surface area contributed by atoms with E-state index in [0.29, 0.717) is 10.6 Å².